The van der Waals surface area contributed by atoms with Gasteiger partial charge in [-0.25, -0.2) is 4.98 Å². The third-order valence-electron chi connectivity index (χ3n) is 3.54. The summed E-state index contributed by atoms with van der Waals surface area (Å²) in [7, 11) is 1.80. The Hall–Kier alpha value is -3.09. The number of hydrogen-bond donors (Lipinski definition) is 3. The van der Waals surface area contributed by atoms with E-state index in [1.54, 1.807) is 13.3 Å². The van der Waals surface area contributed by atoms with Crippen molar-refractivity contribution >= 4 is 39.5 Å². The van der Waals surface area contributed by atoms with Crippen LogP contribution in [0.15, 0.2) is 34.9 Å². The molecular weight excluding hydrogens is 280 g/mol. The van der Waals surface area contributed by atoms with Crippen molar-refractivity contribution in [3.05, 3.63) is 36.2 Å². The van der Waals surface area contributed by atoms with Crippen LogP contribution in [0.1, 0.15) is 5.69 Å². The second-order valence-electron chi connectivity index (χ2n) is 4.99. The predicted molar refractivity (Wildman–Crippen MR) is 85.5 cm³/mol. The minimum absolute atomic E-state index is 0.504. The SMILES string of the molecule is CNc1nc(Nc2ccc3c(C)[nH]nc3c2)nc2ccoc12. The fourth-order valence-electron chi connectivity index (χ4n) is 2.44. The van der Waals surface area contributed by atoms with Gasteiger partial charge >= 0.3 is 0 Å². The van der Waals surface area contributed by atoms with Crippen LogP contribution < -0.4 is 10.6 Å². The van der Waals surface area contributed by atoms with Gasteiger partial charge < -0.3 is 15.1 Å². The number of rotatable bonds is 3. The maximum Gasteiger partial charge on any atom is 0.229 e. The zero-order valence-corrected chi connectivity index (χ0v) is 12.1. The Morgan fingerprint density at radius 2 is 2.05 bits per heavy atom. The molecule has 0 aliphatic rings. The molecule has 0 saturated carbocycles. The molecule has 7 heteroatoms. The summed E-state index contributed by atoms with van der Waals surface area (Å²) in [5.41, 5.74) is 4.23. The largest absolute Gasteiger partial charge is 0.459 e. The molecule has 110 valence electrons. The summed E-state index contributed by atoms with van der Waals surface area (Å²) in [5, 5.41) is 14.6. The van der Waals surface area contributed by atoms with Crippen LogP contribution in [0.2, 0.25) is 0 Å². The molecule has 0 fully saturated rings. The lowest BCUT2D eigenvalue weighted by molar-refractivity contribution is 0.615. The Morgan fingerprint density at radius 3 is 2.91 bits per heavy atom. The van der Waals surface area contributed by atoms with Gasteiger partial charge in [0.25, 0.3) is 0 Å². The standard InChI is InChI=1S/C15H14N6O/c1-8-10-4-3-9(7-12(10)21-20-8)17-15-18-11-5-6-22-13(11)14(16-2)19-15/h3-7H,1-2H3,(H,20,21)(H2,16,17,18,19). The Kier molecular flexibility index (Phi) is 2.72. The van der Waals surface area contributed by atoms with Crippen LogP contribution in [0.5, 0.6) is 0 Å². The van der Waals surface area contributed by atoms with E-state index in [1.165, 1.54) is 0 Å². The normalized spacial score (nSPS) is 11.2. The number of H-pyrrole nitrogens is 1. The van der Waals surface area contributed by atoms with Crippen LogP contribution >= 0.6 is 0 Å². The van der Waals surface area contributed by atoms with Crippen LogP contribution in [-0.4, -0.2) is 27.2 Å². The summed E-state index contributed by atoms with van der Waals surface area (Å²) < 4.78 is 5.38. The first-order valence-corrected chi connectivity index (χ1v) is 6.89. The number of aryl methyl sites for hydroxylation is 1. The summed E-state index contributed by atoms with van der Waals surface area (Å²) in [6.45, 7) is 2.00. The van der Waals surface area contributed by atoms with Gasteiger partial charge in [0.2, 0.25) is 5.95 Å². The number of anilines is 3. The molecular formula is C15H14N6O. The molecule has 0 aliphatic carbocycles. The molecule has 0 atom stereocenters. The third-order valence-corrected chi connectivity index (χ3v) is 3.54. The van der Waals surface area contributed by atoms with Crippen LogP contribution in [0, 0.1) is 6.92 Å². The molecule has 3 aromatic heterocycles. The number of nitrogens with zero attached hydrogens (tertiary/aromatic N) is 3. The van der Waals surface area contributed by atoms with Gasteiger partial charge in [-0.2, -0.15) is 10.1 Å². The van der Waals surface area contributed by atoms with Crippen molar-refractivity contribution in [2.45, 2.75) is 6.92 Å². The summed E-state index contributed by atoms with van der Waals surface area (Å²) in [5.74, 6) is 1.15. The van der Waals surface area contributed by atoms with E-state index >= 15 is 0 Å². The van der Waals surface area contributed by atoms with E-state index < -0.39 is 0 Å². The Labute approximate surface area is 125 Å². The molecule has 3 heterocycles. The fraction of sp³-hybridized carbons (Fsp3) is 0.133. The van der Waals surface area contributed by atoms with Crippen molar-refractivity contribution < 1.29 is 4.42 Å². The molecule has 0 unspecified atom stereocenters. The number of nitrogens with one attached hydrogen (secondary N) is 3. The van der Waals surface area contributed by atoms with E-state index in [2.05, 4.69) is 30.8 Å². The minimum Gasteiger partial charge on any atom is -0.459 e. The highest BCUT2D eigenvalue weighted by atomic mass is 16.3. The molecule has 22 heavy (non-hydrogen) atoms. The number of hydrogen-bond acceptors (Lipinski definition) is 6. The number of aromatic amines is 1. The van der Waals surface area contributed by atoms with Gasteiger partial charge in [-0.15, -0.1) is 0 Å². The van der Waals surface area contributed by atoms with Crippen molar-refractivity contribution in [2.24, 2.45) is 0 Å². The maximum atomic E-state index is 5.38. The highest BCUT2D eigenvalue weighted by molar-refractivity contribution is 5.87. The van der Waals surface area contributed by atoms with Crippen molar-refractivity contribution in [1.29, 1.82) is 0 Å². The number of benzene rings is 1. The predicted octanol–water partition coefficient (Wildman–Crippen LogP) is 3.19. The lowest BCUT2D eigenvalue weighted by atomic mass is 10.2. The average molecular weight is 294 g/mol. The molecule has 0 spiro atoms. The lowest BCUT2D eigenvalue weighted by Gasteiger charge is -2.07. The van der Waals surface area contributed by atoms with Gasteiger partial charge in [0, 0.05) is 29.9 Å². The second-order valence-corrected chi connectivity index (χ2v) is 4.99. The van der Waals surface area contributed by atoms with Crippen molar-refractivity contribution in [3.8, 4) is 0 Å². The Balaban J connectivity index is 1.74. The molecule has 0 bridgehead atoms. The van der Waals surface area contributed by atoms with Crippen molar-refractivity contribution in [2.75, 3.05) is 17.7 Å². The van der Waals surface area contributed by atoms with Gasteiger partial charge in [0.15, 0.2) is 11.4 Å². The van der Waals surface area contributed by atoms with Gasteiger partial charge in [-0.1, -0.05) is 0 Å². The van der Waals surface area contributed by atoms with E-state index in [0.717, 1.165) is 27.8 Å². The van der Waals surface area contributed by atoms with E-state index in [-0.39, 0.29) is 0 Å². The minimum atomic E-state index is 0.504. The molecule has 4 rings (SSSR count). The summed E-state index contributed by atoms with van der Waals surface area (Å²) in [6.07, 6.45) is 1.60. The Morgan fingerprint density at radius 1 is 1.14 bits per heavy atom. The first-order valence-electron chi connectivity index (χ1n) is 6.89. The fourth-order valence-corrected chi connectivity index (χ4v) is 2.44. The molecule has 0 saturated heterocycles. The van der Waals surface area contributed by atoms with Crippen LogP contribution in [0.25, 0.3) is 22.0 Å². The van der Waals surface area contributed by atoms with E-state index in [0.29, 0.717) is 17.3 Å². The quantitative estimate of drug-likeness (QED) is 0.537. The summed E-state index contributed by atoms with van der Waals surface area (Å²) in [6, 6.07) is 7.77. The van der Waals surface area contributed by atoms with Crippen molar-refractivity contribution in [1.82, 2.24) is 20.2 Å². The number of aromatic nitrogens is 4. The van der Waals surface area contributed by atoms with Gasteiger partial charge in [-0.05, 0) is 25.1 Å². The van der Waals surface area contributed by atoms with E-state index in [4.69, 9.17) is 4.42 Å². The molecule has 7 nitrogen and oxygen atoms in total. The number of fused-ring (bicyclic) bond motifs is 2. The first kappa shape index (κ1) is 12.6. The average Bonchev–Trinajstić information content (AvgIpc) is 3.13. The first-order chi connectivity index (χ1) is 10.7. The van der Waals surface area contributed by atoms with Crippen LogP contribution in [-0.2, 0) is 0 Å². The number of furan rings is 1. The van der Waals surface area contributed by atoms with Gasteiger partial charge in [-0.3, -0.25) is 5.10 Å². The maximum absolute atomic E-state index is 5.38. The molecule has 1 aromatic carbocycles. The molecule has 0 amide bonds. The molecule has 0 radical (unpaired) electrons. The summed E-state index contributed by atoms with van der Waals surface area (Å²) >= 11 is 0. The lowest BCUT2D eigenvalue weighted by Crippen LogP contribution is -2.01. The smallest absolute Gasteiger partial charge is 0.229 e. The monoisotopic (exact) mass is 294 g/mol. The highest BCUT2D eigenvalue weighted by Crippen LogP contribution is 2.25. The van der Waals surface area contributed by atoms with Crippen molar-refractivity contribution in [3.63, 3.8) is 0 Å². The van der Waals surface area contributed by atoms with Gasteiger partial charge in [0.1, 0.15) is 5.52 Å². The van der Waals surface area contributed by atoms with Crippen LogP contribution in [0.4, 0.5) is 17.5 Å². The summed E-state index contributed by atoms with van der Waals surface area (Å²) in [4.78, 5) is 8.86. The van der Waals surface area contributed by atoms with E-state index in [1.807, 2.05) is 31.2 Å². The zero-order chi connectivity index (χ0) is 15.1. The topological polar surface area (TPSA) is 91.7 Å². The van der Waals surface area contributed by atoms with Crippen LogP contribution in [0.3, 0.4) is 0 Å². The molecule has 3 N–H and O–H groups in total. The Bertz CT molecular complexity index is 971. The second kappa shape index (κ2) is 4.73. The zero-order valence-electron chi connectivity index (χ0n) is 12.1. The molecule has 4 aromatic rings. The highest BCUT2D eigenvalue weighted by Gasteiger charge is 2.10. The molecule has 0 aliphatic heterocycles. The van der Waals surface area contributed by atoms with Gasteiger partial charge in [0.05, 0.1) is 11.8 Å². The van der Waals surface area contributed by atoms with E-state index in [9.17, 15) is 0 Å². The third kappa shape index (κ3) is 1.95.